The number of carbonyl (C=O) groups excluding carboxylic acids is 1. The first-order valence-electron chi connectivity index (χ1n) is 6.42. The molecule has 1 aliphatic rings. The Balaban J connectivity index is 1.70. The normalized spacial score (nSPS) is 19.2. The van der Waals surface area contributed by atoms with Gasteiger partial charge in [-0.25, -0.2) is 4.79 Å². The fraction of sp³-hybridized carbons (Fsp3) is 0.615. The van der Waals surface area contributed by atoms with E-state index in [9.17, 15) is 4.79 Å². The van der Waals surface area contributed by atoms with Crippen molar-refractivity contribution >= 4 is 6.03 Å². The zero-order chi connectivity index (χ0) is 12.8. The standard InChI is InChI=1S/C13H20N2O3/c1-2-17-10-11-5-6-15(9-11)13(16)14-8-12-4-3-7-18-12/h3-4,7,11H,2,5-6,8-10H2,1H3,(H,14,16). The summed E-state index contributed by atoms with van der Waals surface area (Å²) in [5.41, 5.74) is 0. The number of furan rings is 1. The average Bonchev–Trinajstić information content (AvgIpc) is 3.04. The van der Waals surface area contributed by atoms with Crippen LogP contribution in [0.2, 0.25) is 0 Å². The number of likely N-dealkylation sites (tertiary alicyclic amines) is 1. The minimum absolute atomic E-state index is 0.0228. The second-order valence-corrected chi connectivity index (χ2v) is 4.50. The van der Waals surface area contributed by atoms with E-state index in [4.69, 9.17) is 9.15 Å². The van der Waals surface area contributed by atoms with E-state index in [0.29, 0.717) is 12.5 Å². The van der Waals surface area contributed by atoms with Crippen LogP contribution >= 0.6 is 0 Å². The highest BCUT2D eigenvalue weighted by Gasteiger charge is 2.26. The average molecular weight is 252 g/mol. The Kier molecular flexibility index (Phi) is 4.64. The van der Waals surface area contributed by atoms with E-state index in [1.165, 1.54) is 0 Å². The molecule has 1 aromatic rings. The van der Waals surface area contributed by atoms with Crippen LogP contribution in [0.4, 0.5) is 4.79 Å². The van der Waals surface area contributed by atoms with Gasteiger partial charge in [0.1, 0.15) is 5.76 Å². The molecular weight excluding hydrogens is 232 g/mol. The highest BCUT2D eigenvalue weighted by molar-refractivity contribution is 5.74. The number of amides is 2. The number of nitrogens with one attached hydrogen (secondary N) is 1. The lowest BCUT2D eigenvalue weighted by atomic mass is 10.1. The molecule has 2 rings (SSSR count). The molecule has 2 amide bonds. The van der Waals surface area contributed by atoms with Crippen molar-refractivity contribution < 1.29 is 13.9 Å². The predicted octanol–water partition coefficient (Wildman–Crippen LogP) is 1.85. The number of hydrogen-bond donors (Lipinski definition) is 1. The third-order valence-electron chi connectivity index (χ3n) is 3.12. The number of rotatable bonds is 5. The second-order valence-electron chi connectivity index (χ2n) is 4.50. The monoisotopic (exact) mass is 252 g/mol. The fourth-order valence-electron chi connectivity index (χ4n) is 2.13. The smallest absolute Gasteiger partial charge is 0.317 e. The maximum absolute atomic E-state index is 11.9. The van der Waals surface area contributed by atoms with E-state index in [-0.39, 0.29) is 6.03 Å². The molecule has 100 valence electrons. The molecular formula is C13H20N2O3. The van der Waals surface area contributed by atoms with Gasteiger partial charge in [-0.1, -0.05) is 0 Å². The summed E-state index contributed by atoms with van der Waals surface area (Å²) in [6.45, 7) is 5.51. The highest BCUT2D eigenvalue weighted by Crippen LogP contribution is 2.16. The van der Waals surface area contributed by atoms with Crippen molar-refractivity contribution in [3.05, 3.63) is 24.2 Å². The van der Waals surface area contributed by atoms with Crippen molar-refractivity contribution in [2.24, 2.45) is 5.92 Å². The third kappa shape index (κ3) is 3.50. The van der Waals surface area contributed by atoms with Crippen LogP contribution in [0, 0.1) is 5.92 Å². The SMILES string of the molecule is CCOCC1CCN(C(=O)NCc2ccco2)C1. The maximum Gasteiger partial charge on any atom is 0.317 e. The summed E-state index contributed by atoms with van der Waals surface area (Å²) < 4.78 is 10.6. The number of urea groups is 1. The van der Waals surface area contributed by atoms with Gasteiger partial charge in [0.25, 0.3) is 0 Å². The van der Waals surface area contributed by atoms with E-state index < -0.39 is 0 Å². The predicted molar refractivity (Wildman–Crippen MR) is 67.1 cm³/mol. The summed E-state index contributed by atoms with van der Waals surface area (Å²) >= 11 is 0. The molecule has 0 saturated carbocycles. The fourth-order valence-corrected chi connectivity index (χ4v) is 2.13. The van der Waals surface area contributed by atoms with Crippen LogP contribution in [0.1, 0.15) is 19.1 Å². The largest absolute Gasteiger partial charge is 0.467 e. The Labute approximate surface area is 107 Å². The third-order valence-corrected chi connectivity index (χ3v) is 3.12. The van der Waals surface area contributed by atoms with Crippen LogP contribution in [0.3, 0.4) is 0 Å². The lowest BCUT2D eigenvalue weighted by Crippen LogP contribution is -2.38. The van der Waals surface area contributed by atoms with Gasteiger partial charge in [-0.05, 0) is 25.5 Å². The Bertz CT molecular complexity index is 364. The van der Waals surface area contributed by atoms with Gasteiger partial charge in [0.2, 0.25) is 0 Å². The van der Waals surface area contributed by atoms with Crippen molar-refractivity contribution in [1.29, 1.82) is 0 Å². The van der Waals surface area contributed by atoms with Gasteiger partial charge in [0, 0.05) is 25.6 Å². The summed E-state index contributed by atoms with van der Waals surface area (Å²) in [7, 11) is 0. The van der Waals surface area contributed by atoms with Crippen molar-refractivity contribution in [2.75, 3.05) is 26.3 Å². The molecule has 2 heterocycles. The van der Waals surface area contributed by atoms with Gasteiger partial charge in [-0.15, -0.1) is 0 Å². The summed E-state index contributed by atoms with van der Waals surface area (Å²) in [5, 5.41) is 2.86. The van der Waals surface area contributed by atoms with Gasteiger partial charge in [-0.3, -0.25) is 0 Å². The van der Waals surface area contributed by atoms with Gasteiger partial charge < -0.3 is 19.4 Å². The van der Waals surface area contributed by atoms with E-state index in [1.54, 1.807) is 6.26 Å². The zero-order valence-electron chi connectivity index (χ0n) is 10.7. The van der Waals surface area contributed by atoms with Crippen LogP contribution in [0.15, 0.2) is 22.8 Å². The summed E-state index contributed by atoms with van der Waals surface area (Å²) in [6, 6.07) is 3.64. The van der Waals surface area contributed by atoms with Gasteiger partial charge in [-0.2, -0.15) is 0 Å². The maximum atomic E-state index is 11.9. The summed E-state index contributed by atoms with van der Waals surface area (Å²) in [5.74, 6) is 1.24. The molecule has 1 N–H and O–H groups in total. The molecule has 1 unspecified atom stereocenters. The molecule has 1 atom stereocenters. The van der Waals surface area contributed by atoms with Crippen molar-refractivity contribution in [2.45, 2.75) is 19.9 Å². The molecule has 1 aliphatic heterocycles. The van der Waals surface area contributed by atoms with E-state index in [0.717, 1.165) is 38.5 Å². The number of carbonyl (C=O) groups is 1. The first kappa shape index (κ1) is 13.0. The molecule has 0 radical (unpaired) electrons. The summed E-state index contributed by atoms with van der Waals surface area (Å²) in [4.78, 5) is 13.7. The van der Waals surface area contributed by atoms with Crippen LogP contribution < -0.4 is 5.32 Å². The van der Waals surface area contributed by atoms with Crippen molar-refractivity contribution in [3.8, 4) is 0 Å². The lowest BCUT2D eigenvalue weighted by molar-refractivity contribution is 0.113. The van der Waals surface area contributed by atoms with E-state index in [2.05, 4.69) is 5.32 Å². The summed E-state index contributed by atoms with van der Waals surface area (Å²) in [6.07, 6.45) is 2.63. The quantitative estimate of drug-likeness (QED) is 0.870. The molecule has 0 bridgehead atoms. The number of ether oxygens (including phenoxy) is 1. The van der Waals surface area contributed by atoms with Crippen LogP contribution in [0.25, 0.3) is 0 Å². The Hall–Kier alpha value is -1.49. The molecule has 1 fully saturated rings. The Morgan fingerprint density at radius 2 is 2.56 bits per heavy atom. The first-order chi connectivity index (χ1) is 8.79. The minimum atomic E-state index is -0.0228. The van der Waals surface area contributed by atoms with E-state index >= 15 is 0 Å². The van der Waals surface area contributed by atoms with Gasteiger partial charge in [0.15, 0.2) is 0 Å². The molecule has 0 aromatic carbocycles. The molecule has 5 heteroatoms. The number of nitrogens with zero attached hydrogens (tertiary/aromatic N) is 1. The topological polar surface area (TPSA) is 54.7 Å². The van der Waals surface area contributed by atoms with Crippen molar-refractivity contribution in [3.63, 3.8) is 0 Å². The Morgan fingerprint density at radius 1 is 1.67 bits per heavy atom. The Morgan fingerprint density at radius 3 is 3.28 bits per heavy atom. The minimum Gasteiger partial charge on any atom is -0.467 e. The lowest BCUT2D eigenvalue weighted by Gasteiger charge is -2.17. The van der Waals surface area contributed by atoms with Gasteiger partial charge in [0.05, 0.1) is 19.4 Å². The van der Waals surface area contributed by atoms with Crippen LogP contribution in [0.5, 0.6) is 0 Å². The molecule has 1 saturated heterocycles. The molecule has 0 spiro atoms. The second kappa shape index (κ2) is 6.44. The van der Waals surface area contributed by atoms with Crippen LogP contribution in [-0.4, -0.2) is 37.2 Å². The first-order valence-corrected chi connectivity index (χ1v) is 6.42. The van der Waals surface area contributed by atoms with Crippen molar-refractivity contribution in [1.82, 2.24) is 10.2 Å². The molecule has 0 aliphatic carbocycles. The van der Waals surface area contributed by atoms with Crippen LogP contribution in [-0.2, 0) is 11.3 Å². The highest BCUT2D eigenvalue weighted by atomic mass is 16.5. The molecule has 1 aromatic heterocycles. The van der Waals surface area contributed by atoms with Gasteiger partial charge >= 0.3 is 6.03 Å². The molecule has 5 nitrogen and oxygen atoms in total. The van der Waals surface area contributed by atoms with E-state index in [1.807, 2.05) is 24.0 Å². The number of hydrogen-bond acceptors (Lipinski definition) is 3. The zero-order valence-corrected chi connectivity index (χ0v) is 10.7. The molecule has 18 heavy (non-hydrogen) atoms.